The van der Waals surface area contributed by atoms with Gasteiger partial charge in [-0.05, 0) is 0 Å². The van der Waals surface area contributed by atoms with Crippen molar-refractivity contribution in [1.82, 2.24) is 12.3 Å². The first-order valence-electron chi connectivity index (χ1n) is 3.29. The minimum Gasteiger partial charge on any atom is -0.790 e. The van der Waals surface area contributed by atoms with Crippen molar-refractivity contribution in [3.63, 3.8) is 0 Å². The monoisotopic (exact) mass is 234 g/mol. The van der Waals surface area contributed by atoms with Crippen LogP contribution in [0.5, 0.6) is 0 Å². The SMILES string of the molecule is COCCOCCOP(=O)([O-])[O-].[NH4+].[NH4+]. The maximum atomic E-state index is 9.89. The Morgan fingerprint density at radius 2 is 1.57 bits per heavy atom. The van der Waals surface area contributed by atoms with Crippen molar-refractivity contribution in [3.8, 4) is 0 Å². The molecule has 0 atom stereocenters. The summed E-state index contributed by atoms with van der Waals surface area (Å²) in [6.45, 7) is 0.597. The maximum absolute atomic E-state index is 9.89. The lowest BCUT2D eigenvalue weighted by molar-refractivity contribution is -0.342. The molecule has 0 saturated heterocycles. The minimum absolute atomic E-state index is 0. The molecule has 0 amide bonds. The largest absolute Gasteiger partial charge is 0.790 e. The van der Waals surface area contributed by atoms with Crippen LogP contribution in [0.4, 0.5) is 0 Å². The van der Waals surface area contributed by atoms with Crippen LogP contribution in [-0.4, -0.2) is 33.5 Å². The highest BCUT2D eigenvalue weighted by molar-refractivity contribution is 7.43. The molecule has 0 saturated carbocycles. The van der Waals surface area contributed by atoms with Crippen LogP contribution in [0.3, 0.4) is 0 Å². The van der Waals surface area contributed by atoms with Crippen LogP contribution in [0.15, 0.2) is 0 Å². The second-order valence-electron chi connectivity index (χ2n) is 1.89. The second kappa shape index (κ2) is 11.0. The van der Waals surface area contributed by atoms with E-state index in [1.165, 1.54) is 7.11 Å². The van der Waals surface area contributed by atoms with Gasteiger partial charge in [-0.25, -0.2) is 0 Å². The Bertz CT molecular complexity index is 151. The standard InChI is InChI=1S/C5H13O6P.2H3N/c1-9-2-3-10-4-5-11-12(6,7)8;;/h2-5H2,1H3,(H2,6,7,8);2*1H3. The van der Waals surface area contributed by atoms with Crippen LogP contribution >= 0.6 is 7.82 Å². The summed E-state index contributed by atoms with van der Waals surface area (Å²) in [5.74, 6) is 0. The second-order valence-corrected chi connectivity index (χ2v) is 3.04. The molecule has 14 heavy (non-hydrogen) atoms. The Kier molecular flexibility index (Phi) is 15.4. The zero-order chi connectivity index (χ0) is 9.45. The van der Waals surface area contributed by atoms with Gasteiger partial charge in [0.15, 0.2) is 0 Å². The first kappa shape index (κ1) is 19.5. The number of quaternary nitrogens is 2. The molecular weight excluding hydrogens is 215 g/mol. The van der Waals surface area contributed by atoms with E-state index < -0.39 is 7.82 Å². The van der Waals surface area contributed by atoms with Crippen molar-refractivity contribution in [2.45, 2.75) is 0 Å². The van der Waals surface area contributed by atoms with Crippen LogP contribution in [0.2, 0.25) is 0 Å². The van der Waals surface area contributed by atoms with E-state index in [2.05, 4.69) is 9.26 Å². The molecule has 0 aromatic carbocycles. The van der Waals surface area contributed by atoms with E-state index in [0.29, 0.717) is 13.2 Å². The molecule has 0 fully saturated rings. The van der Waals surface area contributed by atoms with Crippen LogP contribution in [-0.2, 0) is 18.6 Å². The van der Waals surface area contributed by atoms with Gasteiger partial charge in [0.2, 0.25) is 0 Å². The van der Waals surface area contributed by atoms with Gasteiger partial charge in [-0.3, -0.25) is 0 Å². The lowest BCUT2D eigenvalue weighted by atomic mass is 10.7. The summed E-state index contributed by atoms with van der Waals surface area (Å²) < 4.78 is 23.2. The molecule has 0 heterocycles. The van der Waals surface area contributed by atoms with E-state index >= 15 is 0 Å². The fourth-order valence-electron chi connectivity index (χ4n) is 0.452. The van der Waals surface area contributed by atoms with Gasteiger partial charge in [0.25, 0.3) is 0 Å². The van der Waals surface area contributed by atoms with E-state index in [9.17, 15) is 14.4 Å². The van der Waals surface area contributed by atoms with Crippen LogP contribution in [0.1, 0.15) is 0 Å². The predicted molar refractivity (Wildman–Crippen MR) is 48.2 cm³/mol. The molecular formula is C5H19N2O6P. The number of ether oxygens (including phenoxy) is 2. The molecule has 0 aromatic rings. The van der Waals surface area contributed by atoms with Crippen LogP contribution in [0.25, 0.3) is 0 Å². The highest BCUT2D eigenvalue weighted by Gasteiger charge is 1.91. The normalized spacial score (nSPS) is 10.2. The Labute approximate surface area is 82.9 Å². The summed E-state index contributed by atoms with van der Waals surface area (Å²) in [6, 6.07) is 0. The van der Waals surface area contributed by atoms with Gasteiger partial charge in [-0.2, -0.15) is 0 Å². The third-order valence-electron chi connectivity index (χ3n) is 0.909. The number of methoxy groups -OCH3 is 1. The van der Waals surface area contributed by atoms with Crippen molar-refractivity contribution in [2.75, 3.05) is 33.5 Å². The van der Waals surface area contributed by atoms with Gasteiger partial charge in [-0.1, -0.05) is 0 Å². The van der Waals surface area contributed by atoms with Gasteiger partial charge in [0.1, 0.15) is 0 Å². The zero-order valence-corrected chi connectivity index (χ0v) is 9.62. The number of hydrogen-bond acceptors (Lipinski definition) is 6. The van der Waals surface area contributed by atoms with Gasteiger partial charge >= 0.3 is 0 Å². The first-order chi connectivity index (χ1) is 5.56. The van der Waals surface area contributed by atoms with Crippen LogP contribution < -0.4 is 22.1 Å². The van der Waals surface area contributed by atoms with Gasteiger partial charge < -0.3 is 40.7 Å². The molecule has 0 radical (unpaired) electrons. The van der Waals surface area contributed by atoms with E-state index in [1.807, 2.05) is 0 Å². The Balaban J connectivity index is -0.000000605. The molecule has 8 nitrogen and oxygen atoms in total. The van der Waals surface area contributed by atoms with E-state index in [4.69, 9.17) is 4.74 Å². The predicted octanol–water partition coefficient (Wildman–Crippen LogP) is -0.753. The average molecular weight is 234 g/mol. The van der Waals surface area contributed by atoms with Gasteiger partial charge in [0.05, 0.1) is 34.3 Å². The summed E-state index contributed by atoms with van der Waals surface area (Å²) in [4.78, 5) is 19.8. The molecule has 0 aliphatic rings. The molecule has 90 valence electrons. The topological polar surface area (TPSA) is 164 Å². The van der Waals surface area contributed by atoms with Crippen molar-refractivity contribution in [2.24, 2.45) is 0 Å². The maximum Gasteiger partial charge on any atom is 0.0752 e. The highest BCUT2D eigenvalue weighted by Crippen LogP contribution is 2.23. The Morgan fingerprint density at radius 3 is 2.00 bits per heavy atom. The smallest absolute Gasteiger partial charge is 0.0752 e. The first-order valence-corrected chi connectivity index (χ1v) is 4.75. The molecule has 8 N–H and O–H groups in total. The molecule has 9 heteroatoms. The lowest BCUT2D eigenvalue weighted by Crippen LogP contribution is -2.18. The summed E-state index contributed by atoms with van der Waals surface area (Å²) in [5.41, 5.74) is 0. The van der Waals surface area contributed by atoms with Crippen LogP contribution in [0, 0.1) is 0 Å². The van der Waals surface area contributed by atoms with Crippen molar-refractivity contribution in [3.05, 3.63) is 0 Å². The minimum atomic E-state index is -4.83. The molecule has 0 bridgehead atoms. The molecule has 0 unspecified atom stereocenters. The number of hydrogen-bond donors (Lipinski definition) is 2. The number of rotatable bonds is 7. The summed E-state index contributed by atoms with van der Waals surface area (Å²) in [6.07, 6.45) is 0. The quantitative estimate of drug-likeness (QED) is 0.434. The van der Waals surface area contributed by atoms with Crippen molar-refractivity contribution >= 4 is 7.82 Å². The van der Waals surface area contributed by atoms with Crippen molar-refractivity contribution < 1.29 is 28.3 Å². The summed E-state index contributed by atoms with van der Waals surface area (Å²) >= 11 is 0. The molecule has 0 spiro atoms. The number of phosphoric acid groups is 1. The average Bonchev–Trinajstić information content (AvgIpc) is 1.94. The Morgan fingerprint density at radius 1 is 1.07 bits per heavy atom. The molecule has 0 aliphatic heterocycles. The highest BCUT2D eigenvalue weighted by atomic mass is 31.2. The van der Waals surface area contributed by atoms with Gasteiger partial charge in [-0.15, -0.1) is 0 Å². The molecule has 0 rings (SSSR count). The molecule has 0 aromatic heterocycles. The van der Waals surface area contributed by atoms with E-state index in [1.54, 1.807) is 0 Å². The van der Waals surface area contributed by atoms with Gasteiger partial charge in [0, 0.05) is 7.11 Å². The fourth-order valence-corrected chi connectivity index (χ4v) is 0.750. The number of phosphoric ester groups is 1. The fraction of sp³-hybridized carbons (Fsp3) is 1.00. The third kappa shape index (κ3) is 17.9. The third-order valence-corrected chi connectivity index (χ3v) is 1.41. The van der Waals surface area contributed by atoms with Crippen molar-refractivity contribution in [1.29, 1.82) is 0 Å². The van der Waals surface area contributed by atoms with E-state index in [0.717, 1.165) is 0 Å². The Hall–Kier alpha value is -0.0500. The lowest BCUT2D eigenvalue weighted by Gasteiger charge is -2.28. The van der Waals surface area contributed by atoms with E-state index in [-0.39, 0.29) is 25.5 Å². The summed E-state index contributed by atoms with van der Waals surface area (Å²) in [5, 5.41) is 0. The zero-order valence-electron chi connectivity index (χ0n) is 8.73. The summed E-state index contributed by atoms with van der Waals surface area (Å²) in [7, 11) is -3.32. The molecule has 0 aliphatic carbocycles.